The Morgan fingerprint density at radius 3 is 2.40 bits per heavy atom. The average molecular weight is 800 g/mol. The van der Waals surface area contributed by atoms with Crippen LogP contribution >= 0.6 is 46.3 Å². The molecule has 0 spiro atoms. The summed E-state index contributed by atoms with van der Waals surface area (Å²) >= 11 is 14.8. The number of aromatic nitrogens is 2. The zero-order valence-corrected chi connectivity index (χ0v) is 31.0. The van der Waals surface area contributed by atoms with E-state index in [9.17, 15) is 39.6 Å². The van der Waals surface area contributed by atoms with Crippen LogP contribution in [-0.2, 0) is 30.6 Å². The smallest absolute Gasteiger partial charge is 0.352 e. The summed E-state index contributed by atoms with van der Waals surface area (Å²) in [7, 11) is 0. The van der Waals surface area contributed by atoms with Gasteiger partial charge in [-0.1, -0.05) is 64.8 Å². The van der Waals surface area contributed by atoms with E-state index in [4.69, 9.17) is 33.8 Å². The van der Waals surface area contributed by atoms with Crippen LogP contribution in [-0.4, -0.2) is 76.4 Å². The van der Waals surface area contributed by atoms with E-state index in [0.29, 0.717) is 22.9 Å². The number of oxime groups is 1. The number of carbonyl (C=O) groups excluding carboxylic acids is 2. The predicted molar refractivity (Wildman–Crippen MR) is 199 cm³/mol. The van der Waals surface area contributed by atoms with Crippen molar-refractivity contribution in [3.05, 3.63) is 92.3 Å². The fourth-order valence-electron chi connectivity index (χ4n) is 5.65. The molecule has 1 amide bonds. The third-order valence-corrected chi connectivity index (χ3v) is 11.4. The first kappa shape index (κ1) is 37.6. The summed E-state index contributed by atoms with van der Waals surface area (Å²) in [6.45, 7) is 2.96. The van der Waals surface area contributed by atoms with E-state index in [-0.39, 0.29) is 44.5 Å². The number of allylic oxidation sites excluding steroid dienone is 1. The Hall–Kier alpha value is -5.16. The van der Waals surface area contributed by atoms with Crippen molar-refractivity contribution >= 4 is 97.6 Å². The zero-order valence-electron chi connectivity index (χ0n) is 27.8. The second-order valence-electron chi connectivity index (χ2n) is 12.6. The molecule has 0 radical (unpaired) electrons. The number of carboxylic acids is 2. The quantitative estimate of drug-likeness (QED) is 0.0418. The van der Waals surface area contributed by atoms with Crippen molar-refractivity contribution in [2.75, 3.05) is 11.5 Å². The number of phenolic OH excluding ortho intramolecular Hbond substituents is 2. The SMILES string of the molecule is CC(C)(O/N=C(\C(=O)C[C@@H]1C(=O)N2C(C(=O)O)=C(C=Cc3ccc(C[n+]4ccc5c(Cl)c(O)c(O)c(Cl)c5c4)cc3)CS[C@H]12)c1csc(N)n1)C(=O)O. The first-order valence-corrected chi connectivity index (χ1v) is 18.4. The molecule has 14 nitrogen and oxygen atoms in total. The number of ketones is 1. The molecule has 274 valence electrons. The Morgan fingerprint density at radius 1 is 1.09 bits per heavy atom. The maximum Gasteiger partial charge on any atom is 0.352 e. The van der Waals surface area contributed by atoms with Crippen LogP contribution in [0.3, 0.4) is 0 Å². The molecule has 6 N–H and O–H groups in total. The van der Waals surface area contributed by atoms with Crippen LogP contribution < -0.4 is 10.3 Å². The Balaban J connectivity index is 1.15. The molecule has 0 saturated carbocycles. The van der Waals surface area contributed by atoms with Gasteiger partial charge in [0.05, 0.1) is 21.7 Å². The second-order valence-corrected chi connectivity index (χ2v) is 15.3. The van der Waals surface area contributed by atoms with Gasteiger partial charge in [0.2, 0.25) is 11.5 Å². The lowest BCUT2D eigenvalue weighted by atomic mass is 9.89. The fraction of sp³-hybridized carbons (Fsp3) is 0.229. The number of thioether (sulfide) groups is 1. The number of amides is 1. The summed E-state index contributed by atoms with van der Waals surface area (Å²) in [4.78, 5) is 61.2. The molecule has 2 atom stereocenters. The predicted octanol–water partition coefficient (Wildman–Crippen LogP) is 5.06. The Labute approximate surface area is 319 Å². The summed E-state index contributed by atoms with van der Waals surface area (Å²) in [6, 6.07) is 9.18. The fourth-order valence-corrected chi connectivity index (χ4v) is 8.07. The number of rotatable bonds is 12. The number of aliphatic carboxylic acids is 2. The summed E-state index contributed by atoms with van der Waals surface area (Å²) in [6.07, 6.45) is 6.53. The zero-order chi connectivity index (χ0) is 38.4. The van der Waals surface area contributed by atoms with Crippen LogP contribution in [0.2, 0.25) is 10.0 Å². The van der Waals surface area contributed by atoms with E-state index >= 15 is 0 Å². The van der Waals surface area contributed by atoms with Gasteiger partial charge in [-0.3, -0.25) is 14.5 Å². The van der Waals surface area contributed by atoms with Crippen LogP contribution in [0.5, 0.6) is 11.5 Å². The number of thiazole rings is 1. The molecule has 2 aromatic heterocycles. The number of hydrogen-bond acceptors (Lipinski definition) is 12. The number of pyridine rings is 1. The number of nitrogens with two attached hydrogens (primary N) is 1. The number of carboxylic acid groups (broad SMARTS) is 2. The van der Waals surface area contributed by atoms with Crippen LogP contribution in [0, 0.1) is 5.92 Å². The molecule has 1 fully saturated rings. The molecule has 2 aliphatic heterocycles. The Bertz CT molecular complexity index is 2290. The van der Waals surface area contributed by atoms with E-state index in [0.717, 1.165) is 22.5 Å². The van der Waals surface area contributed by atoms with Gasteiger partial charge in [-0.15, -0.1) is 23.1 Å². The Morgan fingerprint density at radius 2 is 1.77 bits per heavy atom. The molecule has 0 aliphatic carbocycles. The number of nitrogens with zero attached hydrogens (tertiary/aromatic N) is 4. The largest absolute Gasteiger partial charge is 0.503 e. The standard InChI is InChI=1S/C35H29Cl2N5O9S2/c1-35(2,33(49)50)51-40-26(22-15-53-34(38)39-22)23(43)11-20-30(46)42-27(32(47)48)18(14-52-31(20)42)8-7-16-3-5-17(6-4-16)12-41-10-9-19-21(13-41)25(37)29(45)28(44)24(19)36/h3-10,13,15,20,31H,11-12,14H2,1-2H3,(H5,38,39,45,47,48,49,50)/p+1/b8-7?,40-26-/t20-,31-/m1/s1. The van der Waals surface area contributed by atoms with Crippen molar-refractivity contribution in [2.45, 2.75) is 37.8 Å². The van der Waals surface area contributed by atoms with Gasteiger partial charge in [0.1, 0.15) is 16.4 Å². The number of anilines is 1. The number of nitrogen functional groups attached to an aromatic ring is 1. The van der Waals surface area contributed by atoms with Gasteiger partial charge in [0.25, 0.3) is 0 Å². The van der Waals surface area contributed by atoms with Gasteiger partial charge in [0.15, 0.2) is 47.1 Å². The minimum Gasteiger partial charge on any atom is -0.503 e. The van der Waals surface area contributed by atoms with Crippen molar-refractivity contribution < 1.29 is 49.0 Å². The van der Waals surface area contributed by atoms with Gasteiger partial charge in [-0.05, 0) is 25.0 Å². The maximum atomic E-state index is 13.4. The van der Waals surface area contributed by atoms with Crippen molar-refractivity contribution in [1.29, 1.82) is 0 Å². The highest BCUT2D eigenvalue weighted by molar-refractivity contribution is 8.00. The Kier molecular flexibility index (Phi) is 10.4. The molecule has 1 saturated heterocycles. The highest BCUT2D eigenvalue weighted by atomic mass is 35.5. The molecule has 2 aliphatic rings. The van der Waals surface area contributed by atoms with Crippen molar-refractivity contribution in [3.63, 3.8) is 0 Å². The molecule has 4 heterocycles. The van der Waals surface area contributed by atoms with Crippen LogP contribution in [0.4, 0.5) is 5.13 Å². The monoisotopic (exact) mass is 798 g/mol. The lowest BCUT2D eigenvalue weighted by molar-refractivity contribution is -0.687. The van der Waals surface area contributed by atoms with E-state index in [1.54, 1.807) is 30.6 Å². The van der Waals surface area contributed by atoms with Crippen molar-refractivity contribution in [2.24, 2.45) is 11.1 Å². The lowest BCUT2D eigenvalue weighted by Crippen LogP contribution is -2.62. The third kappa shape index (κ3) is 7.40. The average Bonchev–Trinajstić information content (AvgIpc) is 3.56. The van der Waals surface area contributed by atoms with E-state index in [1.807, 2.05) is 28.8 Å². The van der Waals surface area contributed by atoms with Gasteiger partial charge >= 0.3 is 11.9 Å². The number of β-lactam (4-membered cyclic amide) rings is 1. The van der Waals surface area contributed by atoms with Crippen LogP contribution in [0.1, 0.15) is 37.1 Å². The summed E-state index contributed by atoms with van der Waals surface area (Å²) in [5.74, 6) is -5.38. The van der Waals surface area contributed by atoms with Crippen LogP contribution in [0.25, 0.3) is 16.8 Å². The number of carbonyl (C=O) groups is 4. The normalized spacial score (nSPS) is 17.6. The summed E-state index contributed by atoms with van der Waals surface area (Å²) < 4.78 is 1.84. The van der Waals surface area contributed by atoms with Gasteiger partial charge in [-0.2, -0.15) is 0 Å². The van der Waals surface area contributed by atoms with E-state index in [1.165, 1.54) is 35.9 Å². The number of benzene rings is 2. The molecule has 0 bridgehead atoms. The molecule has 53 heavy (non-hydrogen) atoms. The second kappa shape index (κ2) is 14.7. The number of Topliss-reactive ketones (excluding diaryl/α,β-unsaturated/α-hetero) is 1. The molecule has 6 rings (SSSR count). The van der Waals surface area contributed by atoms with Gasteiger partial charge in [0, 0.05) is 34.6 Å². The number of fused-ring (bicyclic) bond motifs is 2. The molecular formula is C35H30Cl2N5O9S2+. The topological polar surface area (TPSA) is 217 Å². The molecule has 0 unspecified atom stereocenters. The summed E-state index contributed by atoms with van der Waals surface area (Å²) in [5.41, 5.74) is 5.69. The third-order valence-electron chi connectivity index (χ3n) is 8.58. The van der Waals surface area contributed by atoms with Crippen molar-refractivity contribution in [1.82, 2.24) is 9.88 Å². The van der Waals surface area contributed by atoms with Crippen LogP contribution in [0.15, 0.2) is 70.6 Å². The minimum atomic E-state index is -1.76. The summed E-state index contributed by atoms with van der Waals surface area (Å²) in [5, 5.41) is 45.3. The number of phenols is 2. The molecular weight excluding hydrogens is 769 g/mol. The minimum absolute atomic E-state index is 0.00407. The highest BCUT2D eigenvalue weighted by Crippen LogP contribution is 2.46. The van der Waals surface area contributed by atoms with Crippen molar-refractivity contribution in [3.8, 4) is 11.5 Å². The number of halogens is 2. The molecule has 2 aromatic carbocycles. The number of hydrogen-bond donors (Lipinski definition) is 5. The van der Waals surface area contributed by atoms with E-state index < -0.39 is 52.0 Å². The lowest BCUT2D eigenvalue weighted by Gasteiger charge is -2.49. The highest BCUT2D eigenvalue weighted by Gasteiger charge is 2.54. The maximum absolute atomic E-state index is 13.4. The first-order valence-electron chi connectivity index (χ1n) is 15.7. The van der Waals surface area contributed by atoms with Gasteiger partial charge < -0.3 is 31.0 Å². The molecule has 18 heteroatoms. The number of aromatic hydroxyl groups is 2. The molecule has 4 aromatic rings. The van der Waals surface area contributed by atoms with E-state index in [2.05, 4.69) is 10.1 Å². The first-order chi connectivity index (χ1) is 25.1. The van der Waals surface area contributed by atoms with Gasteiger partial charge in [-0.25, -0.2) is 19.1 Å².